The molecule has 4 nitrogen and oxygen atoms in total. The molecule has 1 aliphatic rings. The van der Waals surface area contributed by atoms with Crippen LogP contribution in [0.15, 0.2) is 36.8 Å². The Hall–Kier alpha value is -1.68. The summed E-state index contributed by atoms with van der Waals surface area (Å²) >= 11 is 0. The molecule has 1 saturated carbocycles. The summed E-state index contributed by atoms with van der Waals surface area (Å²) in [6.07, 6.45) is 12.9. The molecule has 2 heterocycles. The lowest BCUT2D eigenvalue weighted by Crippen LogP contribution is -2.16. The maximum Gasteiger partial charge on any atom is 0.0650 e. The maximum absolute atomic E-state index is 10.2. The van der Waals surface area contributed by atoms with Gasteiger partial charge in [-0.15, -0.1) is 0 Å². The van der Waals surface area contributed by atoms with Gasteiger partial charge in [-0.05, 0) is 43.0 Å². The highest BCUT2D eigenvalue weighted by atomic mass is 16.3. The summed E-state index contributed by atoms with van der Waals surface area (Å²) < 4.78 is 2.10. The standard InChI is InChI=1S/C17H23N3O/c21-17(12-14-6-9-18-10-7-14)13-15-8-11-20(19-15)16-4-2-1-3-5-16/h6-11,16-17,21H,1-5,12-13H2. The monoisotopic (exact) mass is 285 g/mol. The molecule has 1 N–H and O–H groups in total. The molecule has 0 amide bonds. The van der Waals surface area contributed by atoms with Crippen LogP contribution in [0.2, 0.25) is 0 Å². The molecule has 1 unspecified atom stereocenters. The minimum atomic E-state index is -0.387. The van der Waals surface area contributed by atoms with Crippen LogP contribution >= 0.6 is 0 Å². The number of hydrogen-bond donors (Lipinski definition) is 1. The average Bonchev–Trinajstić information content (AvgIpc) is 2.97. The van der Waals surface area contributed by atoms with E-state index in [0.29, 0.717) is 18.9 Å². The lowest BCUT2D eigenvalue weighted by Gasteiger charge is -2.21. The summed E-state index contributed by atoms with van der Waals surface area (Å²) in [5, 5.41) is 14.9. The Morgan fingerprint density at radius 2 is 1.86 bits per heavy atom. The first kappa shape index (κ1) is 14.3. The van der Waals surface area contributed by atoms with Crippen molar-refractivity contribution in [3.63, 3.8) is 0 Å². The Morgan fingerprint density at radius 1 is 1.10 bits per heavy atom. The van der Waals surface area contributed by atoms with Gasteiger partial charge in [0, 0.05) is 25.0 Å². The summed E-state index contributed by atoms with van der Waals surface area (Å²) in [5.74, 6) is 0. The van der Waals surface area contributed by atoms with E-state index in [9.17, 15) is 5.11 Å². The fourth-order valence-electron chi connectivity index (χ4n) is 3.14. The highest BCUT2D eigenvalue weighted by Crippen LogP contribution is 2.27. The van der Waals surface area contributed by atoms with Gasteiger partial charge in [0.15, 0.2) is 0 Å². The normalized spacial score (nSPS) is 17.8. The number of pyridine rings is 1. The molecule has 1 aliphatic carbocycles. The van der Waals surface area contributed by atoms with E-state index in [1.807, 2.05) is 18.2 Å². The number of aliphatic hydroxyl groups excluding tert-OH is 1. The summed E-state index contributed by atoms with van der Waals surface area (Å²) in [4.78, 5) is 3.99. The lowest BCUT2D eigenvalue weighted by atomic mass is 9.96. The van der Waals surface area contributed by atoms with Crippen LogP contribution in [0.3, 0.4) is 0 Å². The zero-order valence-corrected chi connectivity index (χ0v) is 12.4. The quantitative estimate of drug-likeness (QED) is 0.919. The summed E-state index contributed by atoms with van der Waals surface area (Å²) in [6.45, 7) is 0. The van der Waals surface area contributed by atoms with Crippen molar-refractivity contribution in [3.8, 4) is 0 Å². The van der Waals surface area contributed by atoms with Crippen molar-refractivity contribution in [2.45, 2.75) is 57.1 Å². The molecule has 0 radical (unpaired) electrons. The van der Waals surface area contributed by atoms with E-state index in [1.165, 1.54) is 32.1 Å². The van der Waals surface area contributed by atoms with Gasteiger partial charge in [0.05, 0.1) is 17.8 Å². The first-order valence-corrected chi connectivity index (χ1v) is 7.92. The molecule has 2 aromatic rings. The Labute approximate surface area is 125 Å². The predicted molar refractivity (Wildman–Crippen MR) is 82.0 cm³/mol. The van der Waals surface area contributed by atoms with Crippen LogP contribution < -0.4 is 0 Å². The van der Waals surface area contributed by atoms with Crippen LogP contribution in [0.5, 0.6) is 0 Å². The predicted octanol–water partition coefficient (Wildman–Crippen LogP) is 2.93. The molecule has 21 heavy (non-hydrogen) atoms. The molecular weight excluding hydrogens is 262 g/mol. The van der Waals surface area contributed by atoms with Crippen molar-refractivity contribution in [1.82, 2.24) is 14.8 Å². The van der Waals surface area contributed by atoms with E-state index in [0.717, 1.165) is 11.3 Å². The Bertz CT molecular complexity index is 546. The zero-order valence-electron chi connectivity index (χ0n) is 12.4. The van der Waals surface area contributed by atoms with Gasteiger partial charge in [-0.1, -0.05) is 19.3 Å². The van der Waals surface area contributed by atoms with Gasteiger partial charge >= 0.3 is 0 Å². The first-order valence-electron chi connectivity index (χ1n) is 7.92. The number of hydrogen-bond acceptors (Lipinski definition) is 3. The topological polar surface area (TPSA) is 50.9 Å². The first-order chi connectivity index (χ1) is 10.3. The molecule has 2 aromatic heterocycles. The van der Waals surface area contributed by atoms with Crippen LogP contribution in [-0.2, 0) is 12.8 Å². The van der Waals surface area contributed by atoms with Crippen molar-refractivity contribution >= 4 is 0 Å². The fraction of sp³-hybridized carbons (Fsp3) is 0.529. The van der Waals surface area contributed by atoms with E-state index >= 15 is 0 Å². The molecule has 0 saturated heterocycles. The Kier molecular flexibility index (Phi) is 4.65. The van der Waals surface area contributed by atoms with Crippen molar-refractivity contribution < 1.29 is 5.11 Å². The van der Waals surface area contributed by atoms with Gasteiger partial charge in [0.25, 0.3) is 0 Å². The Balaban J connectivity index is 1.56. The van der Waals surface area contributed by atoms with Crippen molar-refractivity contribution in [2.24, 2.45) is 0 Å². The minimum absolute atomic E-state index is 0.387. The van der Waals surface area contributed by atoms with Crippen LogP contribution in [-0.4, -0.2) is 26.0 Å². The second-order valence-electron chi connectivity index (χ2n) is 6.00. The highest BCUT2D eigenvalue weighted by molar-refractivity contribution is 5.12. The third-order valence-electron chi connectivity index (χ3n) is 4.28. The SMILES string of the molecule is OC(Cc1ccncc1)Cc1ccn(C2CCCCC2)n1. The van der Waals surface area contributed by atoms with Gasteiger partial charge in [-0.3, -0.25) is 9.67 Å². The lowest BCUT2D eigenvalue weighted by molar-refractivity contribution is 0.173. The van der Waals surface area contributed by atoms with E-state index in [4.69, 9.17) is 0 Å². The third-order valence-corrected chi connectivity index (χ3v) is 4.28. The highest BCUT2D eigenvalue weighted by Gasteiger charge is 2.17. The second-order valence-corrected chi connectivity index (χ2v) is 6.00. The number of aromatic nitrogens is 3. The molecule has 1 atom stereocenters. The molecule has 1 fully saturated rings. The molecule has 0 aliphatic heterocycles. The van der Waals surface area contributed by atoms with Crippen molar-refractivity contribution in [3.05, 3.63) is 48.0 Å². The summed E-state index contributed by atoms with van der Waals surface area (Å²) in [5.41, 5.74) is 2.10. The average molecular weight is 285 g/mol. The number of rotatable bonds is 5. The van der Waals surface area contributed by atoms with Gasteiger partial charge in [-0.25, -0.2) is 0 Å². The molecule has 112 valence electrons. The third kappa shape index (κ3) is 3.91. The van der Waals surface area contributed by atoms with E-state index in [2.05, 4.69) is 21.0 Å². The largest absolute Gasteiger partial charge is 0.392 e. The Morgan fingerprint density at radius 3 is 2.62 bits per heavy atom. The maximum atomic E-state index is 10.2. The van der Waals surface area contributed by atoms with E-state index in [-0.39, 0.29) is 6.10 Å². The van der Waals surface area contributed by atoms with Crippen LogP contribution in [0.1, 0.15) is 49.4 Å². The molecule has 0 spiro atoms. The number of nitrogens with zero attached hydrogens (tertiary/aromatic N) is 3. The van der Waals surface area contributed by atoms with Gasteiger partial charge in [0.2, 0.25) is 0 Å². The van der Waals surface area contributed by atoms with E-state index in [1.54, 1.807) is 12.4 Å². The van der Waals surface area contributed by atoms with Gasteiger partial charge in [-0.2, -0.15) is 5.10 Å². The van der Waals surface area contributed by atoms with Crippen LogP contribution in [0, 0.1) is 0 Å². The minimum Gasteiger partial charge on any atom is -0.392 e. The summed E-state index contributed by atoms with van der Waals surface area (Å²) in [7, 11) is 0. The van der Waals surface area contributed by atoms with E-state index < -0.39 is 0 Å². The van der Waals surface area contributed by atoms with Gasteiger partial charge in [0.1, 0.15) is 0 Å². The molecule has 0 aromatic carbocycles. The van der Waals surface area contributed by atoms with Crippen molar-refractivity contribution in [1.29, 1.82) is 0 Å². The van der Waals surface area contributed by atoms with Crippen LogP contribution in [0.4, 0.5) is 0 Å². The zero-order chi connectivity index (χ0) is 14.5. The van der Waals surface area contributed by atoms with Gasteiger partial charge < -0.3 is 5.11 Å². The smallest absolute Gasteiger partial charge is 0.0650 e. The van der Waals surface area contributed by atoms with Crippen molar-refractivity contribution in [2.75, 3.05) is 0 Å². The number of aliphatic hydroxyl groups is 1. The molecule has 3 rings (SSSR count). The van der Waals surface area contributed by atoms with Crippen LogP contribution in [0.25, 0.3) is 0 Å². The molecule has 0 bridgehead atoms. The summed E-state index contributed by atoms with van der Waals surface area (Å²) in [6, 6.07) is 6.50. The molecule has 4 heteroatoms. The fourth-order valence-corrected chi connectivity index (χ4v) is 3.14. The second kappa shape index (κ2) is 6.85. The molecular formula is C17H23N3O.